The predicted octanol–water partition coefficient (Wildman–Crippen LogP) is 3.96. The Bertz CT molecular complexity index is 1180. The van der Waals surface area contributed by atoms with Crippen LogP contribution in [0.3, 0.4) is 0 Å². The third-order valence-electron chi connectivity index (χ3n) is 4.67. The molecule has 0 unspecified atom stereocenters. The summed E-state index contributed by atoms with van der Waals surface area (Å²) in [5, 5.41) is 13.9. The summed E-state index contributed by atoms with van der Waals surface area (Å²) in [4.78, 5) is 23.6. The molecule has 0 fully saturated rings. The Kier molecular flexibility index (Phi) is 7.17. The van der Waals surface area contributed by atoms with E-state index in [1.54, 1.807) is 40.7 Å². The van der Waals surface area contributed by atoms with E-state index in [0.717, 1.165) is 11.4 Å². The number of benzene rings is 2. The van der Waals surface area contributed by atoms with Crippen molar-refractivity contribution in [3.05, 3.63) is 95.3 Å². The van der Waals surface area contributed by atoms with Gasteiger partial charge in [-0.3, -0.25) is 19.0 Å². The van der Waals surface area contributed by atoms with Crippen LogP contribution in [-0.2, 0) is 14.1 Å². The molecule has 2 aromatic carbocycles. The normalized spacial score (nSPS) is 10.1. The number of hydrogen-bond acceptors (Lipinski definition) is 4. The fourth-order valence-corrected chi connectivity index (χ4v) is 2.91. The van der Waals surface area contributed by atoms with Crippen LogP contribution in [0.25, 0.3) is 0 Å². The SMILES string of the molecule is Cc1cc(NC(=O)c2ccccc2)n(C)n1.Cc1cc(NC(=O)c2ccccc2)nn1C. The average molecular weight is 431 g/mol. The van der Waals surface area contributed by atoms with Crippen LogP contribution < -0.4 is 10.6 Å². The summed E-state index contributed by atoms with van der Waals surface area (Å²) >= 11 is 0. The molecule has 2 heterocycles. The lowest BCUT2D eigenvalue weighted by Crippen LogP contribution is -2.14. The highest BCUT2D eigenvalue weighted by atomic mass is 16.2. The molecule has 8 nitrogen and oxygen atoms in total. The molecular formula is C24H26N6O2. The van der Waals surface area contributed by atoms with Gasteiger partial charge in [0, 0.05) is 43.0 Å². The molecule has 0 aliphatic carbocycles. The minimum Gasteiger partial charge on any atom is -0.307 e. The van der Waals surface area contributed by atoms with Crippen LogP contribution in [0.1, 0.15) is 32.1 Å². The summed E-state index contributed by atoms with van der Waals surface area (Å²) in [7, 11) is 3.64. The van der Waals surface area contributed by atoms with Gasteiger partial charge in [-0.25, -0.2) is 0 Å². The van der Waals surface area contributed by atoms with Crippen molar-refractivity contribution in [3.8, 4) is 0 Å². The van der Waals surface area contributed by atoms with E-state index < -0.39 is 0 Å². The van der Waals surface area contributed by atoms with Gasteiger partial charge >= 0.3 is 0 Å². The van der Waals surface area contributed by atoms with Gasteiger partial charge < -0.3 is 10.6 Å². The van der Waals surface area contributed by atoms with E-state index in [0.29, 0.717) is 22.8 Å². The van der Waals surface area contributed by atoms with Crippen molar-refractivity contribution < 1.29 is 9.59 Å². The molecule has 0 saturated heterocycles. The van der Waals surface area contributed by atoms with Crippen molar-refractivity contribution in [1.29, 1.82) is 0 Å². The number of aromatic nitrogens is 4. The lowest BCUT2D eigenvalue weighted by molar-refractivity contribution is 0.101. The maximum absolute atomic E-state index is 11.8. The van der Waals surface area contributed by atoms with Crippen LogP contribution in [0.4, 0.5) is 11.6 Å². The summed E-state index contributed by atoms with van der Waals surface area (Å²) in [5.74, 6) is 1.02. The molecule has 2 amide bonds. The van der Waals surface area contributed by atoms with Gasteiger partial charge in [0.05, 0.1) is 5.69 Å². The van der Waals surface area contributed by atoms with E-state index >= 15 is 0 Å². The lowest BCUT2D eigenvalue weighted by Gasteiger charge is -2.04. The van der Waals surface area contributed by atoms with Crippen molar-refractivity contribution in [2.75, 3.05) is 10.6 Å². The molecule has 0 radical (unpaired) electrons. The lowest BCUT2D eigenvalue weighted by atomic mass is 10.2. The summed E-state index contributed by atoms with van der Waals surface area (Å²) in [5.41, 5.74) is 3.15. The Morgan fingerprint density at radius 3 is 1.69 bits per heavy atom. The van der Waals surface area contributed by atoms with Crippen LogP contribution >= 0.6 is 0 Å². The van der Waals surface area contributed by atoms with Crippen LogP contribution in [0.2, 0.25) is 0 Å². The molecular weight excluding hydrogens is 404 g/mol. The Labute approximate surface area is 186 Å². The maximum Gasteiger partial charge on any atom is 0.256 e. The van der Waals surface area contributed by atoms with Crippen LogP contribution in [0.5, 0.6) is 0 Å². The number of carbonyl (C=O) groups is 2. The molecule has 4 aromatic rings. The van der Waals surface area contributed by atoms with Gasteiger partial charge in [0.1, 0.15) is 5.82 Å². The van der Waals surface area contributed by atoms with E-state index in [9.17, 15) is 9.59 Å². The van der Waals surface area contributed by atoms with Crippen molar-refractivity contribution in [2.24, 2.45) is 14.1 Å². The topological polar surface area (TPSA) is 93.8 Å². The molecule has 0 atom stereocenters. The zero-order chi connectivity index (χ0) is 23.1. The van der Waals surface area contributed by atoms with Gasteiger partial charge in [-0.1, -0.05) is 36.4 Å². The van der Waals surface area contributed by atoms with Gasteiger partial charge in [0.2, 0.25) is 0 Å². The fraction of sp³-hybridized carbons (Fsp3) is 0.167. The summed E-state index contributed by atoms with van der Waals surface area (Å²) in [6.45, 7) is 3.82. The van der Waals surface area contributed by atoms with Gasteiger partial charge in [-0.15, -0.1) is 0 Å². The van der Waals surface area contributed by atoms with E-state index in [4.69, 9.17) is 0 Å². The first kappa shape index (κ1) is 22.5. The molecule has 0 saturated carbocycles. The zero-order valence-electron chi connectivity index (χ0n) is 18.5. The molecule has 0 bridgehead atoms. The quantitative estimate of drug-likeness (QED) is 0.512. The van der Waals surface area contributed by atoms with E-state index in [1.807, 2.05) is 69.4 Å². The minimum absolute atomic E-state index is 0.122. The summed E-state index contributed by atoms with van der Waals surface area (Å²) < 4.78 is 3.37. The largest absolute Gasteiger partial charge is 0.307 e. The number of hydrogen-bond donors (Lipinski definition) is 2. The van der Waals surface area contributed by atoms with E-state index in [2.05, 4.69) is 20.8 Å². The van der Waals surface area contributed by atoms with Gasteiger partial charge in [0.25, 0.3) is 11.8 Å². The summed E-state index contributed by atoms with van der Waals surface area (Å²) in [6, 6.07) is 21.9. The van der Waals surface area contributed by atoms with E-state index in [1.165, 1.54) is 0 Å². The predicted molar refractivity (Wildman–Crippen MR) is 125 cm³/mol. The Hall–Kier alpha value is -4.20. The van der Waals surface area contributed by atoms with Crippen molar-refractivity contribution in [2.45, 2.75) is 13.8 Å². The molecule has 32 heavy (non-hydrogen) atoms. The molecule has 164 valence electrons. The molecule has 0 spiro atoms. The second kappa shape index (κ2) is 10.2. The molecule has 0 aliphatic rings. The smallest absolute Gasteiger partial charge is 0.256 e. The van der Waals surface area contributed by atoms with Gasteiger partial charge in [-0.2, -0.15) is 10.2 Å². The number of rotatable bonds is 4. The highest BCUT2D eigenvalue weighted by molar-refractivity contribution is 6.04. The molecule has 2 aromatic heterocycles. The Morgan fingerprint density at radius 1 is 0.719 bits per heavy atom. The zero-order valence-corrected chi connectivity index (χ0v) is 18.5. The molecule has 4 rings (SSSR count). The third-order valence-corrected chi connectivity index (χ3v) is 4.67. The van der Waals surface area contributed by atoms with Crippen molar-refractivity contribution >= 4 is 23.5 Å². The number of nitrogens with one attached hydrogen (secondary N) is 2. The highest BCUT2D eigenvalue weighted by Crippen LogP contribution is 2.10. The standard InChI is InChI=1S/2C12H13N3O/c1-9-8-11(14-15(9)2)13-12(16)10-6-4-3-5-7-10;1-9-8-11(15(2)14-9)13-12(16)10-6-4-3-5-7-10/h3-8H,1-2H3,(H,13,14,16);3-8H,1-2H3,(H,13,16). The van der Waals surface area contributed by atoms with Crippen molar-refractivity contribution in [1.82, 2.24) is 19.6 Å². The Balaban J connectivity index is 0.000000181. The van der Waals surface area contributed by atoms with Gasteiger partial charge in [-0.05, 0) is 38.1 Å². The van der Waals surface area contributed by atoms with Crippen LogP contribution in [-0.4, -0.2) is 31.4 Å². The minimum atomic E-state index is -0.140. The molecule has 8 heteroatoms. The van der Waals surface area contributed by atoms with Crippen LogP contribution in [0.15, 0.2) is 72.8 Å². The molecule has 0 aliphatic heterocycles. The second-order valence-corrected chi connectivity index (χ2v) is 7.23. The maximum atomic E-state index is 11.8. The Morgan fingerprint density at radius 2 is 1.25 bits per heavy atom. The second-order valence-electron chi connectivity index (χ2n) is 7.23. The van der Waals surface area contributed by atoms with Crippen LogP contribution in [0, 0.1) is 13.8 Å². The first-order valence-electron chi connectivity index (χ1n) is 10.1. The number of nitrogens with zero attached hydrogens (tertiary/aromatic N) is 4. The third kappa shape index (κ3) is 5.91. The fourth-order valence-electron chi connectivity index (χ4n) is 2.91. The van der Waals surface area contributed by atoms with Crippen molar-refractivity contribution in [3.63, 3.8) is 0 Å². The number of carbonyl (C=O) groups excluding carboxylic acids is 2. The first-order valence-corrected chi connectivity index (χ1v) is 10.1. The highest BCUT2D eigenvalue weighted by Gasteiger charge is 2.09. The molecule has 2 N–H and O–H groups in total. The number of amides is 2. The summed E-state index contributed by atoms with van der Waals surface area (Å²) in [6.07, 6.45) is 0. The number of anilines is 2. The van der Waals surface area contributed by atoms with Gasteiger partial charge in [0.15, 0.2) is 5.82 Å². The number of aryl methyl sites for hydroxylation is 4. The first-order chi connectivity index (χ1) is 15.3. The average Bonchev–Trinajstić information content (AvgIpc) is 3.28. The monoisotopic (exact) mass is 430 g/mol. The van der Waals surface area contributed by atoms with E-state index in [-0.39, 0.29) is 11.8 Å².